The fraction of sp³-hybridized carbons (Fsp3) is 0.450. The van der Waals surface area contributed by atoms with Gasteiger partial charge >= 0.3 is 6.09 Å². The molecule has 0 radical (unpaired) electrons. The highest BCUT2D eigenvalue weighted by Gasteiger charge is 2.41. The van der Waals surface area contributed by atoms with Crippen LogP contribution in [0.1, 0.15) is 84.5 Å². The number of halogens is 1. The number of fused-ring (bicyclic) bond motifs is 5. The number of ether oxygens (including phenoxy) is 3. The Hall–Kier alpha value is -3.86. The molecule has 270 valence electrons. The molecule has 4 aliphatic rings. The highest BCUT2D eigenvalue weighted by Crippen LogP contribution is 2.45. The summed E-state index contributed by atoms with van der Waals surface area (Å²) in [5.41, 5.74) is 4.41. The van der Waals surface area contributed by atoms with Crippen molar-refractivity contribution in [2.75, 3.05) is 30.9 Å². The molecule has 2 aliphatic carbocycles. The van der Waals surface area contributed by atoms with Crippen LogP contribution in [0.3, 0.4) is 0 Å². The summed E-state index contributed by atoms with van der Waals surface area (Å²) in [6.45, 7) is 3.22. The summed E-state index contributed by atoms with van der Waals surface area (Å²) in [7, 11) is -1.78. The number of aryl methyl sites for hydroxylation is 1. The number of nitrogens with zero attached hydrogens (tertiary/aromatic N) is 2. The molecule has 9 nitrogen and oxygen atoms in total. The van der Waals surface area contributed by atoms with Gasteiger partial charge in [0.2, 0.25) is 0 Å². The van der Waals surface area contributed by atoms with Crippen molar-refractivity contribution in [3.05, 3.63) is 106 Å². The van der Waals surface area contributed by atoms with Crippen LogP contribution in [0.15, 0.2) is 83.2 Å². The molecule has 2 amide bonds. The van der Waals surface area contributed by atoms with E-state index in [4.69, 9.17) is 25.8 Å². The van der Waals surface area contributed by atoms with E-state index < -0.39 is 28.0 Å². The molecular weight excluding hydrogens is 686 g/mol. The number of anilines is 1. The summed E-state index contributed by atoms with van der Waals surface area (Å²) < 4.78 is 39.4. The molecule has 1 N–H and O–H groups in total. The second kappa shape index (κ2) is 15.4. The van der Waals surface area contributed by atoms with Crippen molar-refractivity contribution in [3.63, 3.8) is 0 Å². The van der Waals surface area contributed by atoms with Gasteiger partial charge in [-0.25, -0.2) is 13.7 Å². The van der Waals surface area contributed by atoms with E-state index in [-0.39, 0.29) is 29.4 Å². The summed E-state index contributed by atoms with van der Waals surface area (Å²) >= 11 is 6.45. The number of hydrogen-bond acceptors (Lipinski definition) is 7. The molecular formula is C40H46ClN3O6S. The first-order chi connectivity index (χ1) is 24.7. The van der Waals surface area contributed by atoms with Crippen molar-refractivity contribution in [3.8, 4) is 5.75 Å². The summed E-state index contributed by atoms with van der Waals surface area (Å²) in [5.74, 6) is 0.869. The molecule has 7 atom stereocenters. The van der Waals surface area contributed by atoms with Gasteiger partial charge < -0.3 is 19.1 Å². The fourth-order valence-corrected chi connectivity index (χ4v) is 9.72. The largest absolute Gasteiger partial charge is 0.488 e. The highest BCUT2D eigenvalue weighted by molar-refractivity contribution is 7.92. The van der Waals surface area contributed by atoms with Crippen LogP contribution in [0, 0.1) is 11.8 Å². The minimum Gasteiger partial charge on any atom is -0.488 e. The Balaban J connectivity index is 1.24. The van der Waals surface area contributed by atoms with E-state index in [9.17, 15) is 13.8 Å². The van der Waals surface area contributed by atoms with Crippen LogP contribution < -0.4 is 14.4 Å². The third kappa shape index (κ3) is 7.98. The van der Waals surface area contributed by atoms with Crippen LogP contribution in [0.4, 0.5) is 10.5 Å². The van der Waals surface area contributed by atoms with E-state index in [1.807, 2.05) is 54.6 Å². The van der Waals surface area contributed by atoms with Gasteiger partial charge in [-0.05, 0) is 111 Å². The lowest BCUT2D eigenvalue weighted by Gasteiger charge is -2.43. The lowest BCUT2D eigenvalue weighted by Crippen LogP contribution is -2.44. The van der Waals surface area contributed by atoms with Crippen molar-refractivity contribution >= 4 is 39.2 Å². The topological polar surface area (TPSA) is 107 Å². The standard InChI is InChI=1S/C40H46ClN3O6S/c1-26(27-10-5-3-6-11-27)49-40(46)43-51(47)21-8-4-7-13-36(48-2)33-18-15-30(33)24-44-25-34-32-19-17-31(41)22-28(32)12-9-14-37(34)50-38-20-16-29(23-35(38)44)39(45)42-51/h3,5-7,10-11,13,16-17,19-20,22-23,26,30,33-34,36-37H,4,8-9,12,14-15,18,21,24-25H2,1-2H3,(H,42,43,45,46,47)/b13-7+/t26-,30-,33+,34+,36-,37?,51?/m0/s1. The zero-order valence-electron chi connectivity index (χ0n) is 29.2. The quantitative estimate of drug-likeness (QED) is 0.269. The monoisotopic (exact) mass is 731 g/mol. The zero-order valence-corrected chi connectivity index (χ0v) is 30.7. The van der Waals surface area contributed by atoms with Gasteiger partial charge in [0.25, 0.3) is 5.91 Å². The van der Waals surface area contributed by atoms with Crippen molar-refractivity contribution in [2.24, 2.45) is 16.2 Å². The maximum absolute atomic E-state index is 14.3. The van der Waals surface area contributed by atoms with Gasteiger partial charge in [-0.2, -0.15) is 0 Å². The molecule has 2 bridgehead atoms. The third-order valence-corrected chi connectivity index (χ3v) is 12.9. The van der Waals surface area contributed by atoms with Gasteiger partial charge in [0, 0.05) is 36.7 Å². The fourth-order valence-electron chi connectivity index (χ4n) is 8.05. The predicted octanol–water partition coefficient (Wildman–Crippen LogP) is 8.43. The van der Waals surface area contributed by atoms with Gasteiger partial charge in [0.1, 0.15) is 27.9 Å². The van der Waals surface area contributed by atoms with Crippen LogP contribution >= 0.6 is 11.6 Å². The van der Waals surface area contributed by atoms with E-state index in [1.165, 1.54) is 11.1 Å². The number of carbonyl (C=O) groups excluding carboxylic acids is 2. The zero-order chi connectivity index (χ0) is 35.5. The van der Waals surface area contributed by atoms with Crippen LogP contribution in [-0.4, -0.2) is 54.4 Å². The maximum atomic E-state index is 14.3. The molecule has 0 aromatic heterocycles. The highest BCUT2D eigenvalue weighted by atomic mass is 35.5. The molecule has 3 aromatic rings. The normalized spacial score (nSPS) is 28.8. The van der Waals surface area contributed by atoms with Crippen LogP contribution in [-0.2, 0) is 25.8 Å². The van der Waals surface area contributed by atoms with E-state index in [1.54, 1.807) is 20.1 Å². The molecule has 1 fully saturated rings. The number of carbonyl (C=O) groups is 2. The first kappa shape index (κ1) is 35.5. The molecule has 2 aliphatic heterocycles. The smallest absolute Gasteiger partial charge is 0.420 e. The molecule has 2 unspecified atom stereocenters. The number of rotatable bonds is 4. The van der Waals surface area contributed by atoms with Crippen molar-refractivity contribution < 1.29 is 28.0 Å². The Morgan fingerprint density at radius 3 is 2.69 bits per heavy atom. The number of hydrogen-bond donors (Lipinski definition) is 1. The van der Waals surface area contributed by atoms with Crippen molar-refractivity contribution in [1.29, 1.82) is 0 Å². The number of methoxy groups -OCH3 is 1. The van der Waals surface area contributed by atoms with Gasteiger partial charge in [-0.1, -0.05) is 60.2 Å². The molecule has 11 heteroatoms. The lowest BCUT2D eigenvalue weighted by atomic mass is 9.70. The number of amides is 2. The Morgan fingerprint density at radius 2 is 1.90 bits per heavy atom. The van der Waals surface area contributed by atoms with Gasteiger partial charge in [-0.15, -0.1) is 4.36 Å². The van der Waals surface area contributed by atoms with Crippen LogP contribution in [0.25, 0.3) is 0 Å². The molecule has 3 aromatic carbocycles. The second-order valence-corrected chi connectivity index (χ2v) is 16.7. The summed E-state index contributed by atoms with van der Waals surface area (Å²) in [6, 6.07) is 20.8. The van der Waals surface area contributed by atoms with E-state index >= 15 is 0 Å². The van der Waals surface area contributed by atoms with Crippen LogP contribution in [0.2, 0.25) is 5.02 Å². The minimum absolute atomic E-state index is 0.0193. The summed E-state index contributed by atoms with van der Waals surface area (Å²) in [6.07, 6.45) is 8.59. The van der Waals surface area contributed by atoms with Crippen LogP contribution in [0.5, 0.6) is 5.75 Å². The average Bonchev–Trinajstić information content (AvgIpc) is 3.36. The van der Waals surface area contributed by atoms with Crippen molar-refractivity contribution in [2.45, 2.75) is 76.1 Å². The second-order valence-electron chi connectivity index (χ2n) is 14.2. The SMILES string of the molecule is CO[C@H]1/C=C/CCCS(=O)(NC(=O)O[C@@H](C)c2ccccc2)=NC(=O)c2ccc3c(c2)N(C[C@@H]2CC[C@H]21)C[C@@H]1c2ccc(Cl)cc2CCCC1O3. The molecule has 0 saturated heterocycles. The van der Waals surface area contributed by atoms with Gasteiger partial charge in [0.05, 0.1) is 17.5 Å². The Bertz CT molecular complexity index is 1910. The number of benzene rings is 3. The van der Waals surface area contributed by atoms with Gasteiger partial charge in [-0.3, -0.25) is 4.79 Å². The van der Waals surface area contributed by atoms with Crippen molar-refractivity contribution in [1.82, 2.24) is 4.72 Å². The Morgan fingerprint density at radius 1 is 1.06 bits per heavy atom. The number of nitrogens with one attached hydrogen (secondary N) is 1. The molecule has 1 saturated carbocycles. The molecule has 2 heterocycles. The van der Waals surface area contributed by atoms with E-state index in [2.05, 4.69) is 32.2 Å². The molecule has 7 rings (SSSR count). The first-order valence-electron chi connectivity index (χ1n) is 18.1. The van der Waals surface area contributed by atoms with E-state index in [0.717, 1.165) is 54.9 Å². The molecule has 0 spiro atoms. The first-order valence-corrected chi connectivity index (χ1v) is 20.1. The summed E-state index contributed by atoms with van der Waals surface area (Å²) in [4.78, 5) is 29.3. The van der Waals surface area contributed by atoms with Gasteiger partial charge in [0.15, 0.2) is 0 Å². The average molecular weight is 732 g/mol. The predicted molar refractivity (Wildman–Crippen MR) is 200 cm³/mol. The molecule has 51 heavy (non-hydrogen) atoms. The summed E-state index contributed by atoms with van der Waals surface area (Å²) in [5, 5.41) is 0.739. The van der Waals surface area contributed by atoms with E-state index in [0.29, 0.717) is 37.0 Å². The Kier molecular flexibility index (Phi) is 10.7. The minimum atomic E-state index is -3.54. The lowest BCUT2D eigenvalue weighted by molar-refractivity contribution is 0.0134. The Labute approximate surface area is 306 Å². The third-order valence-electron chi connectivity index (χ3n) is 10.9. The number of allylic oxidation sites excluding steroid dienone is 1. The maximum Gasteiger partial charge on any atom is 0.420 e.